The summed E-state index contributed by atoms with van der Waals surface area (Å²) >= 11 is 0. The maximum Gasteiger partial charge on any atom is 0.295 e. The highest BCUT2D eigenvalue weighted by molar-refractivity contribution is 6.07. The Morgan fingerprint density at radius 1 is 0.262 bits per heavy atom. The van der Waals surface area contributed by atoms with Crippen molar-refractivity contribution in [3.63, 3.8) is 0 Å². The van der Waals surface area contributed by atoms with Crippen LogP contribution in [0.5, 0.6) is 0 Å². The summed E-state index contributed by atoms with van der Waals surface area (Å²) < 4.78 is 65.7. The summed E-state index contributed by atoms with van der Waals surface area (Å²) in [5.74, 6) is 2.81. The first-order valence-corrected chi connectivity index (χ1v) is 50.8. The molecule has 0 N–H and O–H groups in total. The molecule has 5 heterocycles. The van der Waals surface area contributed by atoms with Gasteiger partial charge in [-0.1, -0.05) is 375 Å². The van der Waals surface area contributed by atoms with Crippen molar-refractivity contribution in [1.82, 2.24) is 18.3 Å². The molecule has 0 radical (unpaired) electrons. The van der Waals surface area contributed by atoms with Crippen molar-refractivity contribution in [3.05, 3.63) is 422 Å². The van der Waals surface area contributed by atoms with Crippen LogP contribution in [0.4, 0.5) is 5.69 Å². The number of nitrogens with zero attached hydrogens (tertiary/aromatic N) is 9. The number of rotatable bonds is 20. The molecule has 1 aliphatic rings. The number of para-hydroxylation sites is 9. The highest BCUT2D eigenvalue weighted by Gasteiger charge is 2.41. The second-order valence-electron chi connectivity index (χ2n) is 41.4. The van der Waals surface area contributed by atoms with Gasteiger partial charge in [-0.15, -0.1) is 0 Å². The molecule has 141 heavy (non-hydrogen) atoms. The number of hydrogen-bond acceptors (Lipinski definition) is 0. The lowest BCUT2D eigenvalue weighted by Gasteiger charge is -2.21. The molecular formula is C132H154N9+5. The summed E-state index contributed by atoms with van der Waals surface area (Å²) in [4.78, 5) is 0. The van der Waals surface area contributed by atoms with Gasteiger partial charge in [0, 0.05) is 68.6 Å². The SMILES string of the molecule is Cc1ccccc1-c1n(-c2c(C(C)C)cc(C(C)C)cc2C(C)C)cc[n+]1C.Cc1ccccc1-c1n(-c2c(C(C)C)cccc2C(C)C)c2ccccc2[n+]1C.Cc1ccccc1C1=[N+](C)c2ccccc2C1c1ccccc1.[2H]C(C)(C)c1cc(C([2H])(C)C)c(-n2c(-c3ccccc3C)[n+](C)c3ccccc32)c(C([2H])(C)C)c1.[2H]C(C)(C)c1cccc(C([2H])(C)C)c1-n1c(-c2ccccc2C)[n+](C)c2ccccc21. The van der Waals surface area contributed by atoms with E-state index in [1.807, 2.05) is 118 Å². The fourth-order valence-corrected chi connectivity index (χ4v) is 21.0. The Labute approximate surface area is 850 Å². The minimum absolute atomic E-state index is 0.290. The summed E-state index contributed by atoms with van der Waals surface area (Å²) in [6.07, 6.45) is 4.40. The van der Waals surface area contributed by atoms with Gasteiger partial charge >= 0.3 is 0 Å². The molecule has 18 aromatic rings. The molecule has 14 aromatic carbocycles. The second-order valence-corrected chi connectivity index (χ2v) is 41.4. The maximum absolute atomic E-state index is 9.16. The second kappa shape index (κ2) is 43.6. The van der Waals surface area contributed by atoms with Crippen molar-refractivity contribution >= 4 is 44.5 Å². The molecule has 722 valence electrons. The Morgan fingerprint density at radius 3 is 0.922 bits per heavy atom. The Hall–Kier alpha value is -13.6. The molecule has 0 bridgehead atoms. The van der Waals surface area contributed by atoms with Crippen LogP contribution in [0.3, 0.4) is 0 Å². The van der Waals surface area contributed by atoms with Gasteiger partial charge in [-0.2, -0.15) is 22.8 Å². The van der Waals surface area contributed by atoms with E-state index >= 15 is 0 Å². The Balaban J connectivity index is 0.000000138. The van der Waals surface area contributed by atoms with Gasteiger partial charge in [-0.3, -0.25) is 0 Å². The predicted molar refractivity (Wildman–Crippen MR) is 598 cm³/mol. The molecule has 0 saturated carbocycles. The quantitative estimate of drug-likeness (QED) is 0.0682. The highest BCUT2D eigenvalue weighted by Crippen LogP contribution is 2.46. The molecule has 4 aromatic heterocycles. The van der Waals surface area contributed by atoms with Crippen LogP contribution in [-0.4, -0.2) is 35.6 Å². The van der Waals surface area contributed by atoms with E-state index in [-0.39, 0.29) is 0 Å². The van der Waals surface area contributed by atoms with Crippen molar-refractivity contribution in [2.75, 3.05) is 7.05 Å². The third-order valence-corrected chi connectivity index (χ3v) is 28.6. The zero-order valence-corrected chi connectivity index (χ0v) is 89.6. The number of benzene rings is 14. The first-order chi connectivity index (χ1) is 69.0. The first-order valence-electron chi connectivity index (χ1n) is 53.3. The number of hydrogen-bond donors (Lipinski definition) is 0. The van der Waals surface area contributed by atoms with Gasteiger partial charge < -0.3 is 0 Å². The number of imidazole rings is 4. The molecule has 1 aliphatic heterocycles. The van der Waals surface area contributed by atoms with E-state index in [0.29, 0.717) is 35.5 Å². The average molecular weight is 1870 g/mol. The first kappa shape index (κ1) is 94.9. The topological polar surface area (TPSA) is 38.2 Å². The maximum atomic E-state index is 9.16. The van der Waals surface area contributed by atoms with Crippen LogP contribution < -0.4 is 18.3 Å². The lowest BCUT2D eigenvalue weighted by atomic mass is 9.84. The Bertz CT molecular complexity index is 7740. The number of aryl methyl sites for hydroxylation is 9. The predicted octanol–water partition coefficient (Wildman–Crippen LogP) is 32.7. The van der Waals surface area contributed by atoms with Crippen LogP contribution in [0.2, 0.25) is 0 Å². The molecule has 0 fully saturated rings. The monoisotopic (exact) mass is 1870 g/mol. The number of aromatic nitrogens is 8. The van der Waals surface area contributed by atoms with Crippen LogP contribution in [0.1, 0.15) is 310 Å². The molecule has 0 amide bonds. The number of fused-ring (bicyclic) bond motifs is 4. The largest absolute Gasteiger partial charge is 0.295 e. The van der Waals surface area contributed by atoms with Crippen LogP contribution in [-0.2, 0) is 28.2 Å². The van der Waals surface area contributed by atoms with E-state index in [1.165, 1.54) is 123 Å². The van der Waals surface area contributed by atoms with Gasteiger partial charge in [0.15, 0.2) is 33.1 Å². The van der Waals surface area contributed by atoms with Crippen LogP contribution >= 0.6 is 0 Å². The summed E-state index contributed by atoms with van der Waals surface area (Å²) in [6, 6.07) is 110. The summed E-state index contributed by atoms with van der Waals surface area (Å²) in [5, 5.41) is 0. The summed E-state index contributed by atoms with van der Waals surface area (Å²) in [6.45, 7) is 52.8. The van der Waals surface area contributed by atoms with Crippen molar-refractivity contribution in [2.24, 2.45) is 28.2 Å². The van der Waals surface area contributed by atoms with Crippen molar-refractivity contribution in [3.8, 4) is 68.3 Å². The summed E-state index contributed by atoms with van der Waals surface area (Å²) in [7, 11) is 10.7. The van der Waals surface area contributed by atoms with E-state index in [9.17, 15) is 0 Å². The van der Waals surface area contributed by atoms with Gasteiger partial charge in [-0.25, -0.2) is 18.3 Å². The van der Waals surface area contributed by atoms with Gasteiger partial charge in [0.2, 0.25) is 11.4 Å². The molecule has 0 spiro atoms. The van der Waals surface area contributed by atoms with Gasteiger partial charge in [0.25, 0.3) is 23.3 Å². The van der Waals surface area contributed by atoms with E-state index in [0.717, 1.165) is 89.6 Å². The average Bonchev–Trinajstić information content (AvgIpc) is 1.56. The molecule has 1 atom stereocenters. The molecule has 1 unspecified atom stereocenters. The fraction of sp³-hybridized carbons (Fsp3) is 0.311. The van der Waals surface area contributed by atoms with Crippen LogP contribution in [0.25, 0.3) is 101 Å². The minimum atomic E-state index is -0.941. The Morgan fingerprint density at radius 2 is 0.567 bits per heavy atom. The normalized spacial score (nSPS) is 13.5. The van der Waals surface area contributed by atoms with E-state index in [2.05, 4.69) is 453 Å². The third kappa shape index (κ3) is 20.3. The standard InChI is InChI=1S/C30H37N2.2C27H31N2.C26H35N2.C22H20N/c1-19(2)23-17-25(20(3)4)29(26(18-23)21(5)6)32-28-16-12-11-15-27(28)31(8)30(32)24-14-10-9-13-22(24)7;2*1-18(2)21-14-11-15-22(19(3)4)26(21)29-25-17-10-9-16-24(25)28(6)27(29)23-13-8-7-12-20(23)5;1-17(2)21-15-23(18(3)4)25(24(16-21)19(5)6)28-14-13-27(8)26(28)22-12-10-9-11-20(22)7;1-16-10-6-7-13-18(16)22-21(17-11-4-3-5-12-17)19-14-8-9-15-20(19)23(22)2/h9-21H,1-8H3;2*7-19H,1-6H3;9-19H,1-8H3;3-15,21H,1-2H3/q5*+1/i19D,20D,21D;18D,19D;;;. The minimum Gasteiger partial charge on any atom is -0.232 e. The molecule has 0 aliphatic carbocycles. The van der Waals surface area contributed by atoms with E-state index in [1.54, 1.807) is 0 Å². The zero-order chi connectivity index (χ0) is 106. The van der Waals surface area contributed by atoms with E-state index < -0.39 is 29.5 Å². The Kier molecular flexibility index (Phi) is 29.4. The fourth-order valence-electron chi connectivity index (χ4n) is 21.0. The highest BCUT2D eigenvalue weighted by atomic mass is 15.2. The van der Waals surface area contributed by atoms with Crippen molar-refractivity contribution < 1.29 is 29.7 Å². The summed E-state index contributed by atoms with van der Waals surface area (Å²) in [5.41, 5.74) is 40.5. The van der Waals surface area contributed by atoms with Gasteiger partial charge in [-0.05, 0) is 205 Å². The molecule has 19 rings (SSSR count). The lowest BCUT2D eigenvalue weighted by molar-refractivity contribution is -0.659. The van der Waals surface area contributed by atoms with Gasteiger partial charge in [0.05, 0.1) is 50.4 Å². The zero-order valence-electron chi connectivity index (χ0n) is 94.6. The van der Waals surface area contributed by atoms with Gasteiger partial charge in [0.1, 0.15) is 48.1 Å². The van der Waals surface area contributed by atoms with Crippen molar-refractivity contribution in [2.45, 2.75) is 238 Å². The van der Waals surface area contributed by atoms with E-state index in [4.69, 9.17) is 6.85 Å². The molecule has 9 heteroatoms. The molecule has 9 nitrogen and oxygen atoms in total. The third-order valence-electron chi connectivity index (χ3n) is 28.6. The van der Waals surface area contributed by atoms with Crippen LogP contribution in [0, 0.1) is 34.6 Å². The molecule has 0 saturated heterocycles. The smallest absolute Gasteiger partial charge is 0.232 e. The van der Waals surface area contributed by atoms with Crippen LogP contribution in [0.15, 0.2) is 322 Å². The molecular weight excluding hydrogens is 1710 g/mol. The lowest BCUT2D eigenvalue weighted by Crippen LogP contribution is -2.30. The van der Waals surface area contributed by atoms with Crippen molar-refractivity contribution in [1.29, 1.82) is 0 Å².